The number of hydrogen-bond acceptors (Lipinski definition) is 4. The van der Waals surface area contributed by atoms with Gasteiger partial charge in [-0.15, -0.1) is 0 Å². The van der Waals surface area contributed by atoms with Crippen LogP contribution in [0.25, 0.3) is 0 Å². The normalized spacial score (nSPS) is 12.6. The Morgan fingerprint density at radius 3 is 2.52 bits per heavy atom. The average molecular weight is 295 g/mol. The van der Waals surface area contributed by atoms with Gasteiger partial charge in [-0.3, -0.25) is 0 Å². The van der Waals surface area contributed by atoms with Crippen LogP contribution in [-0.4, -0.2) is 39.1 Å². The van der Waals surface area contributed by atoms with E-state index in [4.69, 9.17) is 14.2 Å². The molecule has 0 aromatic heterocycles. The number of hydrogen-bond donors (Lipinski definition) is 1. The molecule has 4 heteroatoms. The topological polar surface area (TPSA) is 39.7 Å². The van der Waals surface area contributed by atoms with Crippen molar-refractivity contribution in [3.8, 4) is 5.75 Å². The van der Waals surface area contributed by atoms with Gasteiger partial charge in [0.05, 0.1) is 38.6 Å². The molecule has 0 aliphatic rings. The van der Waals surface area contributed by atoms with Crippen LogP contribution >= 0.6 is 0 Å². The Morgan fingerprint density at radius 2 is 1.86 bits per heavy atom. The number of para-hydroxylation sites is 1. The summed E-state index contributed by atoms with van der Waals surface area (Å²) in [7, 11) is 0. The van der Waals surface area contributed by atoms with Crippen molar-refractivity contribution < 1.29 is 14.2 Å². The van der Waals surface area contributed by atoms with E-state index in [1.54, 1.807) is 0 Å². The molecular formula is C17H29NO3. The van der Waals surface area contributed by atoms with Gasteiger partial charge in [0.25, 0.3) is 0 Å². The maximum absolute atomic E-state index is 5.74. The molecule has 4 nitrogen and oxygen atoms in total. The molecule has 0 bridgehead atoms. The first-order valence-corrected chi connectivity index (χ1v) is 7.83. The Labute approximate surface area is 128 Å². The zero-order valence-corrected chi connectivity index (χ0v) is 13.7. The van der Waals surface area contributed by atoms with Gasteiger partial charge in [0.2, 0.25) is 0 Å². The van der Waals surface area contributed by atoms with Gasteiger partial charge in [-0.25, -0.2) is 0 Å². The van der Waals surface area contributed by atoms with Crippen molar-refractivity contribution >= 4 is 0 Å². The molecule has 0 saturated carbocycles. The Morgan fingerprint density at radius 1 is 1.10 bits per heavy atom. The summed E-state index contributed by atoms with van der Waals surface area (Å²) in [6.45, 7) is 11.5. The van der Waals surface area contributed by atoms with Gasteiger partial charge in [0.1, 0.15) is 5.75 Å². The molecule has 0 amide bonds. The van der Waals surface area contributed by atoms with Gasteiger partial charge in [-0.1, -0.05) is 25.1 Å². The van der Waals surface area contributed by atoms with Gasteiger partial charge in [-0.2, -0.15) is 0 Å². The smallest absolute Gasteiger partial charge is 0.124 e. The van der Waals surface area contributed by atoms with Crippen molar-refractivity contribution in [1.29, 1.82) is 0 Å². The van der Waals surface area contributed by atoms with Crippen LogP contribution in [0.15, 0.2) is 24.3 Å². The molecule has 1 aromatic carbocycles. The number of likely N-dealkylation sites (N-methyl/N-ethyl adjacent to an activating group) is 1. The Balaban J connectivity index is 2.56. The third-order valence-corrected chi connectivity index (χ3v) is 3.01. The van der Waals surface area contributed by atoms with E-state index in [0.29, 0.717) is 26.4 Å². The van der Waals surface area contributed by atoms with Crippen molar-refractivity contribution in [2.24, 2.45) is 0 Å². The lowest BCUT2D eigenvalue weighted by Crippen LogP contribution is -2.26. The standard InChI is InChI=1S/C17H29NO3/c1-5-18-16(13-19-11-12-21-14(3)4)15-9-7-8-10-17(15)20-6-2/h7-10,14,16,18H,5-6,11-13H2,1-4H3. The zero-order chi connectivity index (χ0) is 15.5. The minimum atomic E-state index is 0.136. The number of nitrogens with one attached hydrogen (secondary N) is 1. The summed E-state index contributed by atoms with van der Waals surface area (Å²) in [6, 6.07) is 8.26. The van der Waals surface area contributed by atoms with Gasteiger partial charge >= 0.3 is 0 Å². The van der Waals surface area contributed by atoms with Crippen molar-refractivity contribution in [3.05, 3.63) is 29.8 Å². The van der Waals surface area contributed by atoms with E-state index in [2.05, 4.69) is 18.3 Å². The minimum absolute atomic E-state index is 0.136. The van der Waals surface area contributed by atoms with Gasteiger partial charge in [-0.05, 0) is 33.4 Å². The van der Waals surface area contributed by atoms with E-state index in [-0.39, 0.29) is 12.1 Å². The first-order chi connectivity index (χ1) is 10.2. The van der Waals surface area contributed by atoms with Crippen molar-refractivity contribution in [1.82, 2.24) is 5.32 Å². The zero-order valence-electron chi connectivity index (χ0n) is 13.7. The molecule has 0 aliphatic heterocycles. The van der Waals surface area contributed by atoms with Crippen LogP contribution < -0.4 is 10.1 Å². The van der Waals surface area contributed by atoms with Gasteiger partial charge in [0, 0.05) is 5.56 Å². The number of ether oxygens (including phenoxy) is 3. The molecule has 0 spiro atoms. The van der Waals surface area contributed by atoms with E-state index in [1.807, 2.05) is 39.0 Å². The third kappa shape index (κ3) is 6.93. The summed E-state index contributed by atoms with van der Waals surface area (Å²) >= 11 is 0. The molecule has 0 heterocycles. The molecule has 120 valence electrons. The second kappa shape index (κ2) is 10.6. The van der Waals surface area contributed by atoms with Crippen LogP contribution in [0.1, 0.15) is 39.3 Å². The van der Waals surface area contributed by atoms with Crippen LogP contribution in [0.2, 0.25) is 0 Å². The van der Waals surface area contributed by atoms with Crippen LogP contribution in [0.3, 0.4) is 0 Å². The van der Waals surface area contributed by atoms with E-state index in [0.717, 1.165) is 17.9 Å². The number of rotatable bonds is 11. The quantitative estimate of drug-likeness (QED) is 0.637. The maximum atomic E-state index is 5.74. The summed E-state index contributed by atoms with van der Waals surface area (Å²) in [5.41, 5.74) is 1.14. The van der Waals surface area contributed by atoms with E-state index < -0.39 is 0 Å². The third-order valence-electron chi connectivity index (χ3n) is 3.01. The fourth-order valence-electron chi connectivity index (χ4n) is 2.10. The Hall–Kier alpha value is -1.10. The number of benzene rings is 1. The van der Waals surface area contributed by atoms with E-state index in [9.17, 15) is 0 Å². The monoisotopic (exact) mass is 295 g/mol. The second-order valence-electron chi connectivity index (χ2n) is 5.08. The van der Waals surface area contributed by atoms with Crippen molar-refractivity contribution in [3.63, 3.8) is 0 Å². The molecule has 0 radical (unpaired) electrons. The van der Waals surface area contributed by atoms with Crippen molar-refractivity contribution in [2.75, 3.05) is 33.0 Å². The summed E-state index contributed by atoms with van der Waals surface area (Å²) in [5.74, 6) is 0.924. The summed E-state index contributed by atoms with van der Waals surface area (Å²) in [4.78, 5) is 0. The lowest BCUT2D eigenvalue weighted by molar-refractivity contribution is 0.0136. The Bertz CT molecular complexity index is 382. The summed E-state index contributed by atoms with van der Waals surface area (Å²) in [5, 5.41) is 3.45. The fraction of sp³-hybridized carbons (Fsp3) is 0.647. The highest BCUT2D eigenvalue weighted by Gasteiger charge is 2.15. The lowest BCUT2D eigenvalue weighted by Gasteiger charge is -2.21. The molecule has 0 aliphatic carbocycles. The SMILES string of the molecule is CCNC(COCCOC(C)C)c1ccccc1OCC. The first-order valence-electron chi connectivity index (χ1n) is 7.83. The first kappa shape index (κ1) is 18.0. The fourth-order valence-corrected chi connectivity index (χ4v) is 2.10. The van der Waals surface area contributed by atoms with Gasteiger partial charge in [0.15, 0.2) is 0 Å². The lowest BCUT2D eigenvalue weighted by atomic mass is 10.1. The largest absolute Gasteiger partial charge is 0.494 e. The molecule has 1 aromatic rings. The molecule has 1 unspecified atom stereocenters. The highest BCUT2D eigenvalue weighted by Crippen LogP contribution is 2.25. The Kier molecular flexibility index (Phi) is 9.06. The average Bonchev–Trinajstić information content (AvgIpc) is 2.46. The van der Waals surface area contributed by atoms with E-state index in [1.165, 1.54) is 0 Å². The maximum Gasteiger partial charge on any atom is 0.124 e. The highest BCUT2D eigenvalue weighted by atomic mass is 16.5. The minimum Gasteiger partial charge on any atom is -0.494 e. The molecule has 0 fully saturated rings. The van der Waals surface area contributed by atoms with Crippen LogP contribution in [0.5, 0.6) is 5.75 Å². The van der Waals surface area contributed by atoms with Crippen LogP contribution in [-0.2, 0) is 9.47 Å². The predicted octanol–water partition coefficient (Wildman–Crippen LogP) is 3.18. The second-order valence-corrected chi connectivity index (χ2v) is 5.08. The summed E-state index contributed by atoms with van der Waals surface area (Å²) in [6.07, 6.45) is 0.247. The molecule has 1 N–H and O–H groups in total. The van der Waals surface area contributed by atoms with Crippen molar-refractivity contribution in [2.45, 2.75) is 39.8 Å². The summed E-state index contributed by atoms with van der Waals surface area (Å²) < 4.78 is 16.9. The molecule has 0 saturated heterocycles. The van der Waals surface area contributed by atoms with Crippen LogP contribution in [0.4, 0.5) is 0 Å². The molecule has 1 rings (SSSR count). The predicted molar refractivity (Wildman–Crippen MR) is 85.9 cm³/mol. The van der Waals surface area contributed by atoms with E-state index >= 15 is 0 Å². The molecular weight excluding hydrogens is 266 g/mol. The highest BCUT2D eigenvalue weighted by molar-refractivity contribution is 5.36. The molecule has 21 heavy (non-hydrogen) atoms. The van der Waals surface area contributed by atoms with Crippen LogP contribution in [0, 0.1) is 0 Å². The van der Waals surface area contributed by atoms with Gasteiger partial charge < -0.3 is 19.5 Å². The molecule has 1 atom stereocenters.